The fraction of sp³-hybridized carbons (Fsp3) is 0.500. The number of ether oxygens (including phenoxy) is 1. The fourth-order valence-corrected chi connectivity index (χ4v) is 3.22. The normalized spacial score (nSPS) is 31.0. The van der Waals surface area contributed by atoms with E-state index >= 15 is 0 Å². The van der Waals surface area contributed by atoms with Crippen LogP contribution in [0.2, 0.25) is 0 Å². The zero-order chi connectivity index (χ0) is 15.0. The summed E-state index contributed by atoms with van der Waals surface area (Å²) in [6.07, 6.45) is 0.428. The zero-order valence-electron chi connectivity index (χ0n) is 12.4. The van der Waals surface area contributed by atoms with Gasteiger partial charge < -0.3 is 4.74 Å². The minimum Gasteiger partial charge on any atom is -0.373 e. The van der Waals surface area contributed by atoms with Gasteiger partial charge in [-0.05, 0) is 26.0 Å². The van der Waals surface area contributed by atoms with Gasteiger partial charge in [-0.3, -0.25) is 14.5 Å². The van der Waals surface area contributed by atoms with Crippen LogP contribution in [0.25, 0.3) is 0 Å². The number of rotatable bonds is 2. The third-order valence-electron chi connectivity index (χ3n) is 4.03. The van der Waals surface area contributed by atoms with Crippen molar-refractivity contribution in [1.82, 2.24) is 4.90 Å². The lowest BCUT2D eigenvalue weighted by Crippen LogP contribution is -2.52. The van der Waals surface area contributed by atoms with Crippen LogP contribution in [0.4, 0.5) is 5.69 Å². The topological polar surface area (TPSA) is 49.9 Å². The molecule has 2 heterocycles. The molecule has 0 aromatic heterocycles. The molecule has 3 rings (SSSR count). The Labute approximate surface area is 124 Å². The van der Waals surface area contributed by atoms with Gasteiger partial charge in [0, 0.05) is 13.1 Å². The molecule has 0 N–H and O–H groups in total. The van der Waals surface area contributed by atoms with Gasteiger partial charge in [-0.15, -0.1) is 0 Å². The summed E-state index contributed by atoms with van der Waals surface area (Å²) in [6, 6.07) is 8.78. The first-order chi connectivity index (χ1) is 10.1. The molecule has 2 aliphatic rings. The maximum Gasteiger partial charge on any atom is 0.251 e. The summed E-state index contributed by atoms with van der Waals surface area (Å²) in [7, 11) is 0. The van der Waals surface area contributed by atoms with E-state index in [0.717, 1.165) is 0 Å². The van der Waals surface area contributed by atoms with Crippen molar-refractivity contribution in [3.63, 3.8) is 0 Å². The summed E-state index contributed by atoms with van der Waals surface area (Å²) in [5, 5.41) is 0. The maximum absolute atomic E-state index is 12.7. The Balaban J connectivity index is 1.80. The highest BCUT2D eigenvalue weighted by Crippen LogP contribution is 2.27. The van der Waals surface area contributed by atoms with Gasteiger partial charge in [-0.1, -0.05) is 18.2 Å². The van der Waals surface area contributed by atoms with E-state index in [0.29, 0.717) is 18.8 Å². The second-order valence-electron chi connectivity index (χ2n) is 5.83. The highest BCUT2D eigenvalue weighted by atomic mass is 16.5. The van der Waals surface area contributed by atoms with Gasteiger partial charge in [0.1, 0.15) is 0 Å². The van der Waals surface area contributed by atoms with Crippen molar-refractivity contribution in [1.29, 1.82) is 0 Å². The van der Waals surface area contributed by atoms with E-state index in [1.807, 2.05) is 32.0 Å². The predicted molar refractivity (Wildman–Crippen MR) is 78.9 cm³/mol. The average Bonchev–Trinajstić information content (AvgIpc) is 2.74. The van der Waals surface area contributed by atoms with Gasteiger partial charge in [0.2, 0.25) is 5.91 Å². The van der Waals surface area contributed by atoms with Gasteiger partial charge in [0.05, 0.1) is 30.4 Å². The van der Waals surface area contributed by atoms with Gasteiger partial charge in [-0.25, -0.2) is 4.90 Å². The molecule has 112 valence electrons. The molecular weight excluding hydrogens is 268 g/mol. The minimum atomic E-state index is -0.355. The number of benzene rings is 1. The van der Waals surface area contributed by atoms with Gasteiger partial charge in [0.25, 0.3) is 5.91 Å². The van der Waals surface area contributed by atoms with E-state index in [1.165, 1.54) is 4.90 Å². The number of amides is 2. The Bertz CT molecular complexity index is 536. The molecule has 0 bridgehead atoms. The third-order valence-corrected chi connectivity index (χ3v) is 4.03. The van der Waals surface area contributed by atoms with E-state index in [1.54, 1.807) is 12.1 Å². The summed E-state index contributed by atoms with van der Waals surface area (Å²) in [5.74, 6) is -0.240. The number of carbonyl (C=O) groups is 2. The minimum absolute atomic E-state index is 0.0856. The molecule has 0 saturated carbocycles. The van der Waals surface area contributed by atoms with Gasteiger partial charge in [0.15, 0.2) is 0 Å². The number of para-hydroxylation sites is 1. The number of anilines is 1. The van der Waals surface area contributed by atoms with Gasteiger partial charge in [-0.2, -0.15) is 0 Å². The van der Waals surface area contributed by atoms with Crippen LogP contribution in [0, 0.1) is 0 Å². The molecule has 1 aromatic rings. The number of imide groups is 1. The van der Waals surface area contributed by atoms with Crippen molar-refractivity contribution in [2.24, 2.45) is 0 Å². The molecule has 0 spiro atoms. The fourth-order valence-electron chi connectivity index (χ4n) is 3.22. The number of nitrogens with zero attached hydrogens (tertiary/aromatic N) is 2. The van der Waals surface area contributed by atoms with Gasteiger partial charge >= 0.3 is 0 Å². The van der Waals surface area contributed by atoms with Crippen LogP contribution in [-0.4, -0.2) is 48.1 Å². The monoisotopic (exact) mass is 288 g/mol. The first-order valence-corrected chi connectivity index (χ1v) is 7.37. The van der Waals surface area contributed by atoms with Crippen LogP contribution in [0.5, 0.6) is 0 Å². The van der Waals surface area contributed by atoms with E-state index in [9.17, 15) is 9.59 Å². The molecule has 21 heavy (non-hydrogen) atoms. The van der Waals surface area contributed by atoms with Crippen LogP contribution in [0.15, 0.2) is 30.3 Å². The molecule has 1 aromatic carbocycles. The Morgan fingerprint density at radius 2 is 1.67 bits per heavy atom. The number of hydrogen-bond acceptors (Lipinski definition) is 4. The highest BCUT2D eigenvalue weighted by molar-refractivity contribution is 6.22. The number of carbonyl (C=O) groups excluding carboxylic acids is 2. The molecule has 0 aliphatic carbocycles. The summed E-state index contributed by atoms with van der Waals surface area (Å²) in [6.45, 7) is 5.38. The molecule has 5 heteroatoms. The van der Waals surface area contributed by atoms with E-state index in [2.05, 4.69) is 4.90 Å². The van der Waals surface area contributed by atoms with Crippen LogP contribution in [-0.2, 0) is 14.3 Å². The molecule has 2 aliphatic heterocycles. The van der Waals surface area contributed by atoms with E-state index < -0.39 is 0 Å². The third kappa shape index (κ3) is 2.71. The first-order valence-electron chi connectivity index (χ1n) is 7.37. The molecule has 2 saturated heterocycles. The molecule has 0 radical (unpaired) electrons. The Hall–Kier alpha value is -1.72. The zero-order valence-corrected chi connectivity index (χ0v) is 12.4. The summed E-state index contributed by atoms with van der Waals surface area (Å²) in [4.78, 5) is 28.3. The molecule has 3 atom stereocenters. The maximum atomic E-state index is 12.7. The molecular formula is C16H20N2O3. The standard InChI is InChI=1S/C16H20N2O3/c1-11-9-17(10-12(2)21-11)14-8-15(19)18(16(14)20)13-6-4-3-5-7-13/h3-7,11-12,14H,8-10H2,1-2H3/t11-,12-,14+/m1/s1. The number of hydrogen-bond donors (Lipinski definition) is 0. The Morgan fingerprint density at radius 1 is 1.05 bits per heavy atom. The van der Waals surface area contributed by atoms with Crippen molar-refractivity contribution >= 4 is 17.5 Å². The average molecular weight is 288 g/mol. The SMILES string of the molecule is C[C@@H]1CN([C@H]2CC(=O)N(c3ccccc3)C2=O)C[C@@H](C)O1. The lowest BCUT2D eigenvalue weighted by Gasteiger charge is -2.37. The second-order valence-corrected chi connectivity index (χ2v) is 5.83. The quantitative estimate of drug-likeness (QED) is 0.773. The van der Waals surface area contributed by atoms with Crippen molar-refractivity contribution in [3.05, 3.63) is 30.3 Å². The van der Waals surface area contributed by atoms with E-state index in [-0.39, 0.29) is 36.5 Å². The highest BCUT2D eigenvalue weighted by Gasteiger charge is 2.44. The summed E-state index contributed by atoms with van der Waals surface area (Å²) >= 11 is 0. The Morgan fingerprint density at radius 3 is 2.29 bits per heavy atom. The predicted octanol–water partition coefficient (Wildman–Crippen LogP) is 1.43. The number of morpholine rings is 1. The van der Waals surface area contributed by atoms with E-state index in [4.69, 9.17) is 4.74 Å². The lowest BCUT2D eigenvalue weighted by atomic mass is 10.1. The molecule has 2 fully saturated rings. The van der Waals surface area contributed by atoms with Crippen LogP contribution < -0.4 is 4.90 Å². The smallest absolute Gasteiger partial charge is 0.251 e. The van der Waals surface area contributed by atoms with Crippen molar-refractivity contribution < 1.29 is 14.3 Å². The van der Waals surface area contributed by atoms with Crippen molar-refractivity contribution in [2.75, 3.05) is 18.0 Å². The van der Waals surface area contributed by atoms with Crippen molar-refractivity contribution in [2.45, 2.75) is 38.5 Å². The molecule has 0 unspecified atom stereocenters. The molecule has 2 amide bonds. The molecule has 5 nitrogen and oxygen atoms in total. The van der Waals surface area contributed by atoms with Crippen LogP contribution >= 0.6 is 0 Å². The first kappa shape index (κ1) is 14.2. The lowest BCUT2D eigenvalue weighted by molar-refractivity contribution is -0.127. The Kier molecular flexibility index (Phi) is 3.78. The van der Waals surface area contributed by atoms with Crippen molar-refractivity contribution in [3.8, 4) is 0 Å². The largest absolute Gasteiger partial charge is 0.373 e. The van der Waals surface area contributed by atoms with Crippen LogP contribution in [0.3, 0.4) is 0 Å². The van der Waals surface area contributed by atoms with Crippen LogP contribution in [0.1, 0.15) is 20.3 Å². The summed E-state index contributed by atoms with van der Waals surface area (Å²) in [5.41, 5.74) is 0.657. The second kappa shape index (κ2) is 5.58. The summed E-state index contributed by atoms with van der Waals surface area (Å²) < 4.78 is 5.70.